The van der Waals surface area contributed by atoms with Gasteiger partial charge in [0.2, 0.25) is 10.0 Å². The van der Waals surface area contributed by atoms with Gasteiger partial charge < -0.3 is 15.4 Å². The molecule has 2 rings (SSSR count). The van der Waals surface area contributed by atoms with Crippen molar-refractivity contribution in [3.8, 4) is 0 Å². The Labute approximate surface area is 204 Å². The molecule has 1 heterocycles. The maximum absolute atomic E-state index is 12.3. The minimum atomic E-state index is -3.38. The molecule has 1 aliphatic heterocycles. The first kappa shape index (κ1) is 28.1. The van der Waals surface area contributed by atoms with Crippen LogP contribution in [0.5, 0.6) is 0 Å². The predicted molar refractivity (Wildman–Crippen MR) is 137 cm³/mol. The highest BCUT2D eigenvalue weighted by molar-refractivity contribution is 14.0. The van der Waals surface area contributed by atoms with Crippen molar-refractivity contribution < 1.29 is 13.2 Å². The van der Waals surface area contributed by atoms with Gasteiger partial charge in [-0.1, -0.05) is 24.3 Å². The smallest absolute Gasteiger partial charge is 0.216 e. The second-order valence-electron chi connectivity index (χ2n) is 8.49. The van der Waals surface area contributed by atoms with E-state index in [4.69, 9.17) is 4.74 Å². The first-order valence-electron chi connectivity index (χ1n) is 10.5. The van der Waals surface area contributed by atoms with Gasteiger partial charge in [-0.2, -0.15) is 0 Å². The number of rotatable bonds is 9. The van der Waals surface area contributed by atoms with E-state index in [1.54, 1.807) is 7.05 Å². The summed E-state index contributed by atoms with van der Waals surface area (Å²) in [4.78, 5) is 6.73. The number of hydrogen-bond acceptors (Lipinski definition) is 5. The third kappa shape index (κ3) is 9.60. The standard InChI is InChI=1S/C21H37N5O3S.HI/c1-17(2)25-30(27,28)15-19-9-7-6-8-18(19)14-23-20(22-5)24-16-21(3,4)26-10-12-29-13-11-26;/h6-9,17,25H,10-16H2,1-5H3,(H2,22,23,24);1H. The van der Waals surface area contributed by atoms with Gasteiger partial charge in [0, 0.05) is 44.8 Å². The molecule has 31 heavy (non-hydrogen) atoms. The van der Waals surface area contributed by atoms with Gasteiger partial charge in [-0.05, 0) is 38.8 Å². The number of halogens is 1. The molecular formula is C21H38IN5O3S. The second kappa shape index (κ2) is 12.9. The number of sulfonamides is 1. The van der Waals surface area contributed by atoms with Gasteiger partial charge >= 0.3 is 0 Å². The molecule has 3 N–H and O–H groups in total. The fraction of sp³-hybridized carbons (Fsp3) is 0.667. The van der Waals surface area contributed by atoms with Crippen LogP contribution in [-0.4, -0.2) is 70.8 Å². The predicted octanol–water partition coefficient (Wildman–Crippen LogP) is 1.91. The number of nitrogens with one attached hydrogen (secondary N) is 3. The highest BCUT2D eigenvalue weighted by Gasteiger charge is 2.28. The maximum atomic E-state index is 12.3. The molecule has 0 unspecified atom stereocenters. The Morgan fingerprint density at radius 1 is 1.16 bits per heavy atom. The summed E-state index contributed by atoms with van der Waals surface area (Å²) in [6.45, 7) is 12.7. The summed E-state index contributed by atoms with van der Waals surface area (Å²) in [5, 5.41) is 6.71. The molecule has 10 heteroatoms. The van der Waals surface area contributed by atoms with Gasteiger partial charge in [0.1, 0.15) is 0 Å². The fourth-order valence-corrected chi connectivity index (χ4v) is 4.95. The average molecular weight is 568 g/mol. The van der Waals surface area contributed by atoms with Crippen molar-refractivity contribution in [3.05, 3.63) is 35.4 Å². The van der Waals surface area contributed by atoms with E-state index in [9.17, 15) is 8.42 Å². The van der Waals surface area contributed by atoms with E-state index in [1.807, 2.05) is 38.1 Å². The largest absolute Gasteiger partial charge is 0.379 e. The van der Waals surface area contributed by atoms with Crippen molar-refractivity contribution in [1.29, 1.82) is 0 Å². The zero-order chi connectivity index (χ0) is 22.2. The highest BCUT2D eigenvalue weighted by atomic mass is 127. The molecule has 0 aromatic heterocycles. The molecule has 178 valence electrons. The third-order valence-corrected chi connectivity index (χ3v) is 6.63. The molecule has 1 aromatic carbocycles. The van der Waals surface area contributed by atoms with Gasteiger partial charge in [0.05, 0.1) is 19.0 Å². The summed E-state index contributed by atoms with van der Waals surface area (Å²) in [5.41, 5.74) is 1.68. The Morgan fingerprint density at radius 2 is 1.77 bits per heavy atom. The summed E-state index contributed by atoms with van der Waals surface area (Å²) in [7, 11) is -1.65. The highest BCUT2D eigenvalue weighted by Crippen LogP contribution is 2.15. The van der Waals surface area contributed by atoms with E-state index in [-0.39, 0.29) is 41.3 Å². The van der Waals surface area contributed by atoms with Crippen LogP contribution in [0, 0.1) is 0 Å². The lowest BCUT2D eigenvalue weighted by Crippen LogP contribution is -2.56. The monoisotopic (exact) mass is 567 g/mol. The zero-order valence-corrected chi connectivity index (χ0v) is 22.4. The molecular weight excluding hydrogens is 529 g/mol. The normalized spacial score (nSPS) is 16.1. The second-order valence-corrected chi connectivity index (χ2v) is 10.2. The Kier molecular flexibility index (Phi) is 11.7. The minimum absolute atomic E-state index is 0. The number of guanidine groups is 1. The van der Waals surface area contributed by atoms with Gasteiger partial charge in [0.15, 0.2) is 5.96 Å². The van der Waals surface area contributed by atoms with Gasteiger partial charge in [-0.25, -0.2) is 13.1 Å². The van der Waals surface area contributed by atoms with E-state index in [2.05, 4.69) is 39.1 Å². The number of hydrogen-bond donors (Lipinski definition) is 3. The lowest BCUT2D eigenvalue weighted by Gasteiger charge is -2.41. The summed E-state index contributed by atoms with van der Waals surface area (Å²) >= 11 is 0. The molecule has 0 atom stereocenters. The molecule has 0 saturated carbocycles. The fourth-order valence-electron chi connectivity index (χ4n) is 3.46. The molecule has 0 bridgehead atoms. The summed E-state index contributed by atoms with van der Waals surface area (Å²) in [6, 6.07) is 7.45. The lowest BCUT2D eigenvalue weighted by molar-refractivity contribution is -0.00834. The van der Waals surface area contributed by atoms with Crippen LogP contribution in [0.4, 0.5) is 0 Å². The zero-order valence-electron chi connectivity index (χ0n) is 19.3. The van der Waals surface area contributed by atoms with Crippen molar-refractivity contribution >= 4 is 40.0 Å². The molecule has 1 saturated heterocycles. The minimum Gasteiger partial charge on any atom is -0.379 e. The molecule has 1 fully saturated rings. The number of morpholine rings is 1. The Balaban J connectivity index is 0.00000480. The van der Waals surface area contributed by atoms with E-state index < -0.39 is 10.0 Å². The molecule has 1 aromatic rings. The van der Waals surface area contributed by atoms with Crippen molar-refractivity contribution in [2.75, 3.05) is 39.9 Å². The molecule has 0 radical (unpaired) electrons. The number of benzene rings is 1. The molecule has 8 nitrogen and oxygen atoms in total. The first-order chi connectivity index (χ1) is 14.1. The van der Waals surface area contributed by atoms with Crippen LogP contribution < -0.4 is 15.4 Å². The summed E-state index contributed by atoms with van der Waals surface area (Å²) in [6.07, 6.45) is 0. The van der Waals surface area contributed by atoms with Crippen LogP contribution in [-0.2, 0) is 27.1 Å². The number of nitrogens with zero attached hydrogens (tertiary/aromatic N) is 2. The van der Waals surface area contributed by atoms with Crippen LogP contribution in [0.3, 0.4) is 0 Å². The Hall–Kier alpha value is -0.950. The molecule has 0 spiro atoms. The number of ether oxygens (including phenoxy) is 1. The molecule has 0 amide bonds. The third-order valence-electron chi connectivity index (χ3n) is 5.10. The van der Waals surface area contributed by atoms with Gasteiger partial charge in [0.25, 0.3) is 0 Å². The first-order valence-corrected chi connectivity index (χ1v) is 12.1. The quantitative estimate of drug-likeness (QED) is 0.240. The molecule has 0 aliphatic carbocycles. The number of aliphatic imine (C=N–C) groups is 1. The maximum Gasteiger partial charge on any atom is 0.216 e. The van der Waals surface area contributed by atoms with Crippen molar-refractivity contribution in [2.24, 2.45) is 4.99 Å². The Bertz CT molecular complexity index is 809. The van der Waals surface area contributed by atoms with Crippen molar-refractivity contribution in [2.45, 2.75) is 51.6 Å². The topological polar surface area (TPSA) is 95.1 Å². The lowest BCUT2D eigenvalue weighted by atomic mass is 10.0. The van der Waals surface area contributed by atoms with Gasteiger partial charge in [-0.3, -0.25) is 9.89 Å². The van der Waals surface area contributed by atoms with Crippen molar-refractivity contribution in [1.82, 2.24) is 20.3 Å². The summed E-state index contributed by atoms with van der Waals surface area (Å²) in [5.74, 6) is 0.647. The van der Waals surface area contributed by atoms with Crippen LogP contribution in [0.15, 0.2) is 29.3 Å². The van der Waals surface area contributed by atoms with Crippen molar-refractivity contribution in [3.63, 3.8) is 0 Å². The Morgan fingerprint density at radius 3 is 2.35 bits per heavy atom. The van der Waals surface area contributed by atoms with Gasteiger partial charge in [-0.15, -0.1) is 24.0 Å². The van der Waals surface area contributed by atoms with Crippen LogP contribution in [0.1, 0.15) is 38.8 Å². The van der Waals surface area contributed by atoms with Crippen LogP contribution in [0.25, 0.3) is 0 Å². The SMILES string of the molecule is CN=C(NCc1ccccc1CS(=O)(=O)NC(C)C)NCC(C)(C)N1CCOCC1.I. The van der Waals surface area contributed by atoms with E-state index in [0.29, 0.717) is 12.5 Å². The average Bonchev–Trinajstić information content (AvgIpc) is 2.68. The van der Waals surface area contributed by atoms with E-state index in [0.717, 1.165) is 44.0 Å². The van der Waals surface area contributed by atoms with E-state index >= 15 is 0 Å². The van der Waals surface area contributed by atoms with Crippen LogP contribution in [0.2, 0.25) is 0 Å². The van der Waals surface area contributed by atoms with E-state index in [1.165, 1.54) is 0 Å². The van der Waals surface area contributed by atoms with Crippen LogP contribution >= 0.6 is 24.0 Å². The molecule has 1 aliphatic rings. The summed E-state index contributed by atoms with van der Waals surface area (Å²) < 4.78 is 32.8.